The number of hydrogen-bond donors (Lipinski definition) is 1. The molecule has 1 N–H and O–H groups in total. The molecule has 1 aliphatic heterocycles. The highest BCUT2D eigenvalue weighted by Gasteiger charge is 2.38. The quantitative estimate of drug-likeness (QED) is 0.797. The zero-order valence-electron chi connectivity index (χ0n) is 14.0. The van der Waals surface area contributed by atoms with Gasteiger partial charge in [0.1, 0.15) is 0 Å². The van der Waals surface area contributed by atoms with Gasteiger partial charge >= 0.3 is 12.1 Å². The third kappa shape index (κ3) is 9.47. The number of carboxylic acids is 1. The molecule has 0 unspecified atom stereocenters. The molecule has 0 aromatic heterocycles. The number of carbonyl (C=O) groups is 1. The van der Waals surface area contributed by atoms with Gasteiger partial charge in [0.15, 0.2) is 0 Å². The second-order valence-electron chi connectivity index (χ2n) is 5.61. The average molecular weight is 380 g/mol. The Balaban J connectivity index is 0.000000412. The molecule has 4 nitrogen and oxygen atoms in total. The Hall–Kier alpha value is -2.00. The van der Waals surface area contributed by atoms with Gasteiger partial charge in [-0.2, -0.15) is 13.2 Å². The monoisotopic (exact) mass is 380 g/mol. The third-order valence-corrected chi connectivity index (χ3v) is 3.58. The van der Waals surface area contributed by atoms with E-state index in [1.165, 1.54) is 5.56 Å². The molecular formula is C17H21F5N2O2. The van der Waals surface area contributed by atoms with Crippen molar-refractivity contribution in [1.82, 2.24) is 9.80 Å². The van der Waals surface area contributed by atoms with E-state index in [1.807, 2.05) is 23.1 Å². The molecule has 0 aliphatic carbocycles. The van der Waals surface area contributed by atoms with Gasteiger partial charge in [0.2, 0.25) is 0 Å². The van der Waals surface area contributed by atoms with E-state index in [0.29, 0.717) is 0 Å². The van der Waals surface area contributed by atoms with Crippen molar-refractivity contribution in [1.29, 1.82) is 0 Å². The van der Waals surface area contributed by atoms with Gasteiger partial charge in [-0.1, -0.05) is 42.5 Å². The number of benzene rings is 1. The van der Waals surface area contributed by atoms with Crippen LogP contribution in [0.5, 0.6) is 0 Å². The van der Waals surface area contributed by atoms with Crippen molar-refractivity contribution in [2.45, 2.75) is 12.6 Å². The Kier molecular flexibility index (Phi) is 9.22. The summed E-state index contributed by atoms with van der Waals surface area (Å²) in [5.74, 6) is -2.76. The number of halogens is 5. The van der Waals surface area contributed by atoms with Crippen LogP contribution in [0, 0.1) is 0 Å². The van der Waals surface area contributed by atoms with E-state index in [9.17, 15) is 22.0 Å². The molecule has 1 saturated heterocycles. The number of aliphatic carboxylic acids is 1. The maximum absolute atomic E-state index is 12.2. The molecule has 2 rings (SSSR count). The lowest BCUT2D eigenvalue weighted by Gasteiger charge is -2.33. The minimum absolute atomic E-state index is 0.0896. The predicted molar refractivity (Wildman–Crippen MR) is 88.1 cm³/mol. The summed E-state index contributed by atoms with van der Waals surface area (Å²) in [5.41, 5.74) is 1.19. The number of hydrogen-bond acceptors (Lipinski definition) is 3. The van der Waals surface area contributed by atoms with Gasteiger partial charge in [-0.3, -0.25) is 9.80 Å². The molecule has 0 radical (unpaired) electrons. The van der Waals surface area contributed by atoms with E-state index in [-0.39, 0.29) is 6.54 Å². The molecule has 1 fully saturated rings. The van der Waals surface area contributed by atoms with Crippen LogP contribution in [-0.4, -0.2) is 72.7 Å². The number of piperazine rings is 1. The van der Waals surface area contributed by atoms with Crippen molar-refractivity contribution in [3.63, 3.8) is 0 Å². The van der Waals surface area contributed by atoms with Crippen molar-refractivity contribution in [3.8, 4) is 0 Å². The van der Waals surface area contributed by atoms with Crippen LogP contribution in [0.15, 0.2) is 36.4 Å². The first-order chi connectivity index (χ1) is 12.2. The zero-order valence-corrected chi connectivity index (χ0v) is 14.0. The molecule has 26 heavy (non-hydrogen) atoms. The molecule has 0 atom stereocenters. The fourth-order valence-corrected chi connectivity index (χ4v) is 2.25. The van der Waals surface area contributed by atoms with Crippen LogP contribution in [0.4, 0.5) is 22.0 Å². The van der Waals surface area contributed by atoms with Gasteiger partial charge in [-0.05, 0) is 5.56 Å². The Morgan fingerprint density at radius 3 is 2.04 bits per heavy atom. The smallest absolute Gasteiger partial charge is 0.475 e. The van der Waals surface area contributed by atoms with E-state index < -0.39 is 18.6 Å². The van der Waals surface area contributed by atoms with E-state index in [0.717, 1.165) is 32.7 Å². The van der Waals surface area contributed by atoms with E-state index in [2.05, 4.69) is 29.2 Å². The average Bonchev–Trinajstić information content (AvgIpc) is 2.57. The molecule has 1 aliphatic rings. The maximum Gasteiger partial charge on any atom is 0.490 e. The van der Waals surface area contributed by atoms with Crippen LogP contribution < -0.4 is 0 Å². The summed E-state index contributed by atoms with van der Waals surface area (Å²) in [4.78, 5) is 13.0. The molecular weight excluding hydrogens is 359 g/mol. The van der Waals surface area contributed by atoms with Gasteiger partial charge in [0.25, 0.3) is 6.43 Å². The number of rotatable bonds is 5. The van der Waals surface area contributed by atoms with Crippen LogP contribution in [0.25, 0.3) is 6.08 Å². The minimum Gasteiger partial charge on any atom is -0.475 e. The summed E-state index contributed by atoms with van der Waals surface area (Å²) < 4.78 is 56.2. The fourth-order valence-electron chi connectivity index (χ4n) is 2.25. The third-order valence-electron chi connectivity index (χ3n) is 3.58. The molecule has 9 heteroatoms. The normalized spacial score (nSPS) is 16.5. The standard InChI is InChI=1S/C15H20F2N2.C2HF3O2/c16-15(17)13-19-11-9-18(10-12-19)8-4-7-14-5-2-1-3-6-14;3-2(4,5)1(6)7/h1-7,15H,8-13H2;(H,6,7)/b7-4+;. The Bertz CT molecular complexity index is 556. The van der Waals surface area contributed by atoms with Crippen molar-refractivity contribution in [3.05, 3.63) is 42.0 Å². The van der Waals surface area contributed by atoms with Crippen LogP contribution >= 0.6 is 0 Å². The minimum atomic E-state index is -5.08. The molecule has 1 aromatic rings. The first-order valence-electron chi connectivity index (χ1n) is 7.93. The molecule has 0 bridgehead atoms. The molecule has 146 valence electrons. The van der Waals surface area contributed by atoms with Gasteiger partial charge in [0.05, 0.1) is 6.54 Å². The van der Waals surface area contributed by atoms with E-state index in [4.69, 9.17) is 9.90 Å². The van der Waals surface area contributed by atoms with Gasteiger partial charge in [-0.15, -0.1) is 0 Å². The van der Waals surface area contributed by atoms with Crippen LogP contribution in [-0.2, 0) is 4.79 Å². The van der Waals surface area contributed by atoms with Crippen molar-refractivity contribution < 1.29 is 31.9 Å². The molecule has 0 saturated carbocycles. The molecule has 1 heterocycles. The second kappa shape index (κ2) is 10.9. The molecule has 1 aromatic carbocycles. The van der Waals surface area contributed by atoms with Crippen LogP contribution in [0.3, 0.4) is 0 Å². The molecule has 0 amide bonds. The topological polar surface area (TPSA) is 43.8 Å². The Morgan fingerprint density at radius 2 is 1.58 bits per heavy atom. The zero-order chi connectivity index (χ0) is 19.6. The first-order valence-corrected chi connectivity index (χ1v) is 7.93. The van der Waals surface area contributed by atoms with Crippen molar-refractivity contribution >= 4 is 12.0 Å². The maximum atomic E-state index is 12.2. The largest absolute Gasteiger partial charge is 0.490 e. The van der Waals surface area contributed by atoms with Gasteiger partial charge in [0, 0.05) is 32.7 Å². The summed E-state index contributed by atoms with van der Waals surface area (Å²) in [7, 11) is 0. The lowest BCUT2D eigenvalue weighted by Crippen LogP contribution is -2.47. The first kappa shape index (κ1) is 22.0. The summed E-state index contributed by atoms with van der Waals surface area (Å²) in [6, 6.07) is 10.2. The lowest BCUT2D eigenvalue weighted by molar-refractivity contribution is -0.192. The Morgan fingerprint density at radius 1 is 1.08 bits per heavy atom. The summed E-state index contributed by atoms with van der Waals surface area (Å²) >= 11 is 0. The highest BCUT2D eigenvalue weighted by Crippen LogP contribution is 2.13. The highest BCUT2D eigenvalue weighted by molar-refractivity contribution is 5.73. The SMILES string of the molecule is FC(F)CN1CCN(C/C=C/c2ccccc2)CC1.O=C(O)C(F)(F)F. The second-order valence-corrected chi connectivity index (χ2v) is 5.61. The van der Waals surface area contributed by atoms with Crippen LogP contribution in [0.2, 0.25) is 0 Å². The van der Waals surface area contributed by atoms with Gasteiger partial charge in [-0.25, -0.2) is 13.6 Å². The predicted octanol–water partition coefficient (Wildman–Crippen LogP) is 3.22. The number of alkyl halides is 5. The summed E-state index contributed by atoms with van der Waals surface area (Å²) in [6.45, 7) is 4.01. The lowest BCUT2D eigenvalue weighted by atomic mass is 10.2. The summed E-state index contributed by atoms with van der Waals surface area (Å²) in [5, 5.41) is 7.12. The van der Waals surface area contributed by atoms with E-state index >= 15 is 0 Å². The van der Waals surface area contributed by atoms with Crippen molar-refractivity contribution in [2.75, 3.05) is 39.3 Å². The molecule has 0 spiro atoms. The Labute approximate surface area is 148 Å². The number of nitrogens with zero attached hydrogens (tertiary/aromatic N) is 2. The fraction of sp³-hybridized carbons (Fsp3) is 0.471. The summed E-state index contributed by atoms with van der Waals surface area (Å²) in [6.07, 6.45) is -3.06. The van der Waals surface area contributed by atoms with Crippen LogP contribution in [0.1, 0.15) is 5.56 Å². The van der Waals surface area contributed by atoms with Gasteiger partial charge < -0.3 is 5.11 Å². The highest BCUT2D eigenvalue weighted by atomic mass is 19.4. The van der Waals surface area contributed by atoms with E-state index in [1.54, 1.807) is 0 Å². The van der Waals surface area contributed by atoms with Crippen molar-refractivity contribution in [2.24, 2.45) is 0 Å². The number of carboxylic acid groups (broad SMARTS) is 1.